The molecule has 3 aliphatic rings. The van der Waals surface area contributed by atoms with Gasteiger partial charge in [-0.1, -0.05) is 30.3 Å². The number of ether oxygens (including phenoxy) is 2. The fourth-order valence-corrected chi connectivity index (χ4v) is 2.30. The molecule has 2 bridgehead atoms. The molecule has 0 N–H and O–H groups in total. The highest BCUT2D eigenvalue weighted by Gasteiger charge is 2.49. The van der Waals surface area contributed by atoms with Crippen LogP contribution in [0.2, 0.25) is 0 Å². The monoisotopic (exact) mass is 190 g/mol. The Morgan fingerprint density at radius 1 is 1.14 bits per heavy atom. The summed E-state index contributed by atoms with van der Waals surface area (Å²) in [6, 6.07) is 10.3. The molecule has 1 saturated carbocycles. The maximum atomic E-state index is 5.83. The van der Waals surface area contributed by atoms with Crippen LogP contribution >= 0.6 is 0 Å². The molecule has 0 aromatic heterocycles. The first-order valence-electron chi connectivity index (χ1n) is 5.24. The van der Waals surface area contributed by atoms with Gasteiger partial charge in [-0.15, -0.1) is 0 Å². The lowest BCUT2D eigenvalue weighted by Gasteiger charge is -2.35. The maximum Gasteiger partial charge on any atom is 0.110 e. The number of fused-ring (bicyclic) bond motifs is 1. The van der Waals surface area contributed by atoms with Crippen molar-refractivity contribution in [3.63, 3.8) is 0 Å². The van der Waals surface area contributed by atoms with Gasteiger partial charge in [0.2, 0.25) is 0 Å². The number of benzene rings is 1. The van der Waals surface area contributed by atoms with Crippen molar-refractivity contribution in [2.75, 3.05) is 0 Å². The predicted molar refractivity (Wildman–Crippen MR) is 52.9 cm³/mol. The number of rotatable bonds is 3. The summed E-state index contributed by atoms with van der Waals surface area (Å²) < 4.78 is 11.4. The molecule has 1 aromatic carbocycles. The van der Waals surface area contributed by atoms with Crippen molar-refractivity contribution in [3.05, 3.63) is 35.9 Å². The Morgan fingerprint density at radius 3 is 2.50 bits per heavy atom. The highest BCUT2D eigenvalue weighted by atomic mass is 16.6. The topological polar surface area (TPSA) is 18.5 Å². The molecule has 2 heteroatoms. The van der Waals surface area contributed by atoms with Crippen LogP contribution in [0.3, 0.4) is 0 Å². The quantitative estimate of drug-likeness (QED) is 0.727. The third kappa shape index (κ3) is 1.35. The average Bonchev–Trinajstić information content (AvgIpc) is 2.81. The highest BCUT2D eigenvalue weighted by Crippen LogP contribution is 2.39. The Bertz CT molecular complexity index is 295. The lowest BCUT2D eigenvalue weighted by atomic mass is 10.1. The zero-order valence-corrected chi connectivity index (χ0v) is 8.06. The second-order valence-corrected chi connectivity index (χ2v) is 4.05. The van der Waals surface area contributed by atoms with Gasteiger partial charge in [0.25, 0.3) is 0 Å². The summed E-state index contributed by atoms with van der Waals surface area (Å²) in [5, 5.41) is 0. The van der Waals surface area contributed by atoms with E-state index in [0.717, 1.165) is 6.61 Å². The first-order chi connectivity index (χ1) is 6.93. The lowest BCUT2D eigenvalue weighted by Crippen LogP contribution is -2.47. The van der Waals surface area contributed by atoms with Crippen LogP contribution < -0.4 is 0 Å². The fourth-order valence-electron chi connectivity index (χ4n) is 2.30. The predicted octanol–water partition coefficient (Wildman–Crippen LogP) is 2.13. The Labute approximate surface area is 83.8 Å². The third-order valence-corrected chi connectivity index (χ3v) is 3.10. The molecule has 2 aliphatic heterocycles. The fraction of sp³-hybridized carbons (Fsp3) is 0.500. The molecule has 0 radical (unpaired) electrons. The molecule has 1 aromatic rings. The summed E-state index contributed by atoms with van der Waals surface area (Å²) in [7, 11) is 0. The summed E-state index contributed by atoms with van der Waals surface area (Å²) >= 11 is 0. The van der Waals surface area contributed by atoms with E-state index in [2.05, 4.69) is 12.1 Å². The van der Waals surface area contributed by atoms with Gasteiger partial charge >= 0.3 is 0 Å². The average molecular weight is 190 g/mol. The van der Waals surface area contributed by atoms with Crippen LogP contribution in [-0.4, -0.2) is 18.3 Å². The van der Waals surface area contributed by atoms with Gasteiger partial charge in [0.15, 0.2) is 0 Å². The minimum Gasteiger partial charge on any atom is -0.369 e. The van der Waals surface area contributed by atoms with Crippen molar-refractivity contribution in [1.82, 2.24) is 0 Å². The standard InChI is InChI=1S/C12H14O2/c1-2-4-9(5-3-1)8-13-12-10-6-7-11(12)14-10/h1-5,10-12H,6-8H2. The van der Waals surface area contributed by atoms with Crippen LogP contribution in [-0.2, 0) is 16.1 Å². The van der Waals surface area contributed by atoms with Crippen molar-refractivity contribution in [3.8, 4) is 0 Å². The van der Waals surface area contributed by atoms with Crippen LogP contribution in [0.15, 0.2) is 30.3 Å². The van der Waals surface area contributed by atoms with Crippen LogP contribution in [0.5, 0.6) is 0 Å². The minimum absolute atomic E-state index is 0.371. The van der Waals surface area contributed by atoms with Gasteiger partial charge in [0.1, 0.15) is 6.10 Å². The molecule has 3 fully saturated rings. The van der Waals surface area contributed by atoms with Crippen molar-refractivity contribution in [2.24, 2.45) is 0 Å². The third-order valence-electron chi connectivity index (χ3n) is 3.10. The molecule has 0 spiro atoms. The maximum absolute atomic E-state index is 5.83. The van der Waals surface area contributed by atoms with Crippen molar-refractivity contribution in [2.45, 2.75) is 37.8 Å². The summed E-state index contributed by atoms with van der Waals surface area (Å²) in [5.74, 6) is 0. The van der Waals surface area contributed by atoms with Gasteiger partial charge in [-0.05, 0) is 18.4 Å². The molecule has 2 unspecified atom stereocenters. The summed E-state index contributed by atoms with van der Waals surface area (Å²) in [6.07, 6.45) is 3.52. The Balaban J connectivity index is 1.55. The molecular weight excluding hydrogens is 176 g/mol. The first kappa shape index (κ1) is 8.45. The molecular formula is C12H14O2. The van der Waals surface area contributed by atoms with Gasteiger partial charge in [-0.2, -0.15) is 0 Å². The lowest BCUT2D eigenvalue weighted by molar-refractivity contribution is -0.204. The van der Waals surface area contributed by atoms with E-state index in [1.54, 1.807) is 0 Å². The normalized spacial score (nSPS) is 34.1. The molecule has 4 rings (SSSR count). The van der Waals surface area contributed by atoms with E-state index in [0.29, 0.717) is 18.3 Å². The van der Waals surface area contributed by atoms with E-state index in [-0.39, 0.29) is 0 Å². The molecule has 2 heterocycles. The summed E-state index contributed by atoms with van der Waals surface area (Å²) in [6.45, 7) is 0.724. The minimum atomic E-state index is 0.371. The van der Waals surface area contributed by atoms with E-state index >= 15 is 0 Å². The van der Waals surface area contributed by atoms with Crippen molar-refractivity contribution in [1.29, 1.82) is 0 Å². The van der Waals surface area contributed by atoms with Crippen LogP contribution in [0.1, 0.15) is 18.4 Å². The molecule has 1 aliphatic carbocycles. The van der Waals surface area contributed by atoms with E-state index in [1.165, 1.54) is 18.4 Å². The molecule has 14 heavy (non-hydrogen) atoms. The van der Waals surface area contributed by atoms with E-state index in [1.807, 2.05) is 18.2 Å². The molecule has 2 atom stereocenters. The van der Waals surface area contributed by atoms with Gasteiger partial charge in [-0.3, -0.25) is 0 Å². The first-order valence-corrected chi connectivity index (χ1v) is 5.24. The summed E-state index contributed by atoms with van der Waals surface area (Å²) in [5.41, 5.74) is 1.25. The van der Waals surface area contributed by atoms with Crippen LogP contribution in [0.4, 0.5) is 0 Å². The van der Waals surface area contributed by atoms with Gasteiger partial charge in [0, 0.05) is 0 Å². The van der Waals surface area contributed by atoms with Gasteiger partial charge in [0.05, 0.1) is 18.8 Å². The Kier molecular flexibility index (Phi) is 2.03. The molecule has 2 saturated heterocycles. The van der Waals surface area contributed by atoms with E-state index in [9.17, 15) is 0 Å². The van der Waals surface area contributed by atoms with Gasteiger partial charge in [-0.25, -0.2) is 0 Å². The second-order valence-electron chi connectivity index (χ2n) is 4.05. The SMILES string of the molecule is c1ccc(COC2C3CCC2O3)cc1. The van der Waals surface area contributed by atoms with Gasteiger partial charge < -0.3 is 9.47 Å². The molecule has 2 nitrogen and oxygen atoms in total. The van der Waals surface area contributed by atoms with Crippen molar-refractivity contribution >= 4 is 0 Å². The second kappa shape index (κ2) is 3.37. The smallest absolute Gasteiger partial charge is 0.110 e. The van der Waals surface area contributed by atoms with Crippen LogP contribution in [0.25, 0.3) is 0 Å². The molecule has 0 amide bonds. The largest absolute Gasteiger partial charge is 0.369 e. The van der Waals surface area contributed by atoms with E-state index < -0.39 is 0 Å². The molecule has 74 valence electrons. The summed E-state index contributed by atoms with van der Waals surface area (Å²) in [4.78, 5) is 0. The van der Waals surface area contributed by atoms with Crippen molar-refractivity contribution < 1.29 is 9.47 Å². The highest BCUT2D eigenvalue weighted by molar-refractivity contribution is 5.13. The Morgan fingerprint density at radius 2 is 1.86 bits per heavy atom. The zero-order chi connectivity index (χ0) is 9.38. The number of hydrogen-bond donors (Lipinski definition) is 0. The Hall–Kier alpha value is -0.860. The van der Waals surface area contributed by atoms with Crippen LogP contribution in [0, 0.1) is 0 Å². The zero-order valence-electron chi connectivity index (χ0n) is 8.06. The number of hydrogen-bond acceptors (Lipinski definition) is 2. The van der Waals surface area contributed by atoms with E-state index in [4.69, 9.17) is 9.47 Å².